The summed E-state index contributed by atoms with van der Waals surface area (Å²) >= 11 is 0. The van der Waals surface area contributed by atoms with Crippen LogP contribution in [0.3, 0.4) is 0 Å². The van der Waals surface area contributed by atoms with Crippen molar-refractivity contribution in [2.45, 2.75) is 19.3 Å². The van der Waals surface area contributed by atoms with Gasteiger partial charge in [0.2, 0.25) is 11.9 Å². The third-order valence-corrected chi connectivity index (χ3v) is 1.67. The molecule has 1 rings (SSSR count). The van der Waals surface area contributed by atoms with Crippen LogP contribution in [0.5, 0.6) is 0 Å². The van der Waals surface area contributed by atoms with Crippen LogP contribution in [0.25, 0.3) is 0 Å². The van der Waals surface area contributed by atoms with Crippen LogP contribution >= 0.6 is 0 Å². The molecule has 0 spiro atoms. The third-order valence-electron chi connectivity index (χ3n) is 1.67. The Labute approximate surface area is 76.0 Å². The van der Waals surface area contributed by atoms with Crippen LogP contribution in [0.15, 0.2) is 0 Å². The van der Waals surface area contributed by atoms with Crippen LogP contribution in [0.1, 0.15) is 19.7 Å². The molecule has 0 aliphatic rings. The topological polar surface area (TPSA) is 111 Å². The van der Waals surface area contributed by atoms with Crippen molar-refractivity contribution in [2.24, 2.45) is 0 Å². The molecule has 6 nitrogen and oxygen atoms in total. The fourth-order valence-corrected chi connectivity index (χ4v) is 0.783. The maximum absolute atomic E-state index is 9.05. The minimum atomic E-state index is -0.550. The van der Waals surface area contributed by atoms with E-state index in [0.717, 1.165) is 0 Å². The van der Waals surface area contributed by atoms with Crippen molar-refractivity contribution in [3.8, 4) is 0 Å². The second-order valence-corrected chi connectivity index (χ2v) is 3.42. The van der Waals surface area contributed by atoms with Gasteiger partial charge >= 0.3 is 0 Å². The summed E-state index contributed by atoms with van der Waals surface area (Å²) in [4.78, 5) is 11.4. The molecule has 0 aromatic carbocycles. The Morgan fingerprint density at radius 2 is 1.62 bits per heavy atom. The summed E-state index contributed by atoms with van der Waals surface area (Å²) in [5.74, 6) is 0.549. The molecule has 5 N–H and O–H groups in total. The monoisotopic (exact) mass is 183 g/mol. The SMILES string of the molecule is CC(C)(CO)c1nc(N)nc(N)n1. The van der Waals surface area contributed by atoms with E-state index in [1.54, 1.807) is 13.8 Å². The maximum atomic E-state index is 9.05. The quantitative estimate of drug-likeness (QED) is 0.559. The van der Waals surface area contributed by atoms with Gasteiger partial charge in [0.15, 0.2) is 0 Å². The number of hydrogen-bond acceptors (Lipinski definition) is 6. The Morgan fingerprint density at radius 1 is 1.15 bits per heavy atom. The van der Waals surface area contributed by atoms with Crippen molar-refractivity contribution in [1.82, 2.24) is 15.0 Å². The largest absolute Gasteiger partial charge is 0.395 e. The molecule has 0 bridgehead atoms. The van der Waals surface area contributed by atoms with E-state index in [4.69, 9.17) is 16.6 Å². The van der Waals surface area contributed by atoms with Crippen molar-refractivity contribution in [1.29, 1.82) is 0 Å². The lowest BCUT2D eigenvalue weighted by atomic mass is 9.94. The van der Waals surface area contributed by atoms with E-state index in [1.165, 1.54) is 0 Å². The van der Waals surface area contributed by atoms with Gasteiger partial charge in [0.1, 0.15) is 5.82 Å². The van der Waals surface area contributed by atoms with Gasteiger partial charge in [-0.15, -0.1) is 0 Å². The Balaban J connectivity index is 3.15. The molecule has 13 heavy (non-hydrogen) atoms. The van der Waals surface area contributed by atoms with Crippen molar-refractivity contribution in [2.75, 3.05) is 18.1 Å². The molecule has 0 saturated carbocycles. The highest BCUT2D eigenvalue weighted by atomic mass is 16.3. The minimum absolute atomic E-state index is 0.0732. The average Bonchev–Trinajstić information content (AvgIpc) is 2.02. The van der Waals surface area contributed by atoms with Crippen LogP contribution in [-0.4, -0.2) is 26.7 Å². The zero-order valence-corrected chi connectivity index (χ0v) is 7.65. The Morgan fingerprint density at radius 3 is 2.00 bits per heavy atom. The van der Waals surface area contributed by atoms with E-state index in [2.05, 4.69) is 15.0 Å². The standard InChI is InChI=1S/C7H13N5O/c1-7(2,3-13)4-10-5(8)12-6(9)11-4/h13H,3H2,1-2H3,(H4,8,9,10,11,12). The summed E-state index contributed by atoms with van der Waals surface area (Å²) in [6.07, 6.45) is 0. The Kier molecular flexibility index (Phi) is 2.33. The van der Waals surface area contributed by atoms with E-state index in [-0.39, 0.29) is 18.5 Å². The van der Waals surface area contributed by atoms with Gasteiger partial charge in [0.05, 0.1) is 6.61 Å². The maximum Gasteiger partial charge on any atom is 0.225 e. The van der Waals surface area contributed by atoms with Crippen molar-refractivity contribution in [3.63, 3.8) is 0 Å². The van der Waals surface area contributed by atoms with Gasteiger partial charge in [0.25, 0.3) is 0 Å². The highest BCUT2D eigenvalue weighted by molar-refractivity contribution is 5.28. The van der Waals surface area contributed by atoms with Crippen LogP contribution < -0.4 is 11.5 Å². The second-order valence-electron chi connectivity index (χ2n) is 3.42. The first-order chi connectivity index (χ1) is 5.95. The summed E-state index contributed by atoms with van der Waals surface area (Å²) in [5, 5.41) is 9.05. The normalized spacial score (nSPS) is 11.6. The minimum Gasteiger partial charge on any atom is -0.395 e. The lowest BCUT2D eigenvalue weighted by Gasteiger charge is -2.19. The van der Waals surface area contributed by atoms with Gasteiger partial charge in [-0.05, 0) is 0 Å². The van der Waals surface area contributed by atoms with Crippen molar-refractivity contribution < 1.29 is 5.11 Å². The molecule has 1 aromatic rings. The number of nitrogen functional groups attached to an aromatic ring is 2. The van der Waals surface area contributed by atoms with Gasteiger partial charge in [0, 0.05) is 5.41 Å². The number of nitrogens with zero attached hydrogens (tertiary/aromatic N) is 3. The van der Waals surface area contributed by atoms with Crippen LogP contribution in [-0.2, 0) is 5.41 Å². The zero-order chi connectivity index (χ0) is 10.1. The molecule has 0 saturated heterocycles. The summed E-state index contributed by atoms with van der Waals surface area (Å²) in [6.45, 7) is 3.51. The van der Waals surface area contributed by atoms with Gasteiger partial charge < -0.3 is 16.6 Å². The van der Waals surface area contributed by atoms with Gasteiger partial charge in [-0.25, -0.2) is 0 Å². The summed E-state index contributed by atoms with van der Waals surface area (Å²) in [5.41, 5.74) is 10.2. The van der Waals surface area contributed by atoms with Crippen molar-refractivity contribution >= 4 is 11.9 Å². The zero-order valence-electron chi connectivity index (χ0n) is 7.65. The van der Waals surface area contributed by atoms with Gasteiger partial charge in [-0.2, -0.15) is 15.0 Å². The van der Waals surface area contributed by atoms with Crippen molar-refractivity contribution in [3.05, 3.63) is 5.82 Å². The molecule has 0 aliphatic carbocycles. The molecule has 0 unspecified atom stereocenters. The fourth-order valence-electron chi connectivity index (χ4n) is 0.783. The van der Waals surface area contributed by atoms with E-state index in [0.29, 0.717) is 5.82 Å². The highest BCUT2D eigenvalue weighted by Gasteiger charge is 2.23. The second kappa shape index (κ2) is 3.14. The molecule has 0 atom stereocenters. The average molecular weight is 183 g/mol. The Hall–Kier alpha value is -1.43. The number of aliphatic hydroxyl groups excluding tert-OH is 1. The van der Waals surface area contributed by atoms with Crippen LogP contribution in [0.2, 0.25) is 0 Å². The van der Waals surface area contributed by atoms with E-state index in [1.807, 2.05) is 0 Å². The number of aliphatic hydroxyl groups is 1. The number of nitrogens with two attached hydrogens (primary N) is 2. The lowest BCUT2D eigenvalue weighted by molar-refractivity contribution is 0.212. The first-order valence-corrected chi connectivity index (χ1v) is 3.84. The summed E-state index contributed by atoms with van der Waals surface area (Å²) < 4.78 is 0. The predicted octanol–water partition coefficient (Wildman–Crippen LogP) is -0.694. The molecule has 72 valence electrons. The van der Waals surface area contributed by atoms with E-state index < -0.39 is 5.41 Å². The van der Waals surface area contributed by atoms with E-state index in [9.17, 15) is 0 Å². The smallest absolute Gasteiger partial charge is 0.225 e. The molecule has 0 fully saturated rings. The molecule has 1 aromatic heterocycles. The molecule has 1 heterocycles. The van der Waals surface area contributed by atoms with Crippen LogP contribution in [0, 0.1) is 0 Å². The summed E-state index contributed by atoms with van der Waals surface area (Å²) in [6, 6.07) is 0. The third kappa shape index (κ3) is 2.03. The molecule has 0 amide bonds. The molecule has 0 radical (unpaired) electrons. The van der Waals surface area contributed by atoms with Crippen LogP contribution in [0.4, 0.5) is 11.9 Å². The number of rotatable bonds is 2. The van der Waals surface area contributed by atoms with E-state index >= 15 is 0 Å². The Bertz CT molecular complexity index is 292. The lowest BCUT2D eigenvalue weighted by Crippen LogP contribution is -2.26. The predicted molar refractivity (Wildman–Crippen MR) is 48.8 cm³/mol. The first kappa shape index (κ1) is 9.66. The molecule has 0 aliphatic heterocycles. The molecular formula is C7H13N5O. The number of hydrogen-bond donors (Lipinski definition) is 3. The van der Waals surface area contributed by atoms with Gasteiger partial charge in [-0.3, -0.25) is 0 Å². The molecular weight excluding hydrogens is 170 g/mol. The first-order valence-electron chi connectivity index (χ1n) is 3.84. The van der Waals surface area contributed by atoms with Gasteiger partial charge in [-0.1, -0.05) is 13.8 Å². The molecule has 6 heteroatoms. The highest BCUT2D eigenvalue weighted by Crippen LogP contribution is 2.18. The fraction of sp³-hybridized carbons (Fsp3) is 0.571. The summed E-state index contributed by atoms with van der Waals surface area (Å²) in [7, 11) is 0. The number of anilines is 2. The number of aromatic nitrogens is 3.